The largest absolute Gasteiger partial charge is 0.391 e. The molecule has 1 saturated heterocycles. The van der Waals surface area contributed by atoms with E-state index in [1.165, 1.54) is 6.07 Å². The molecule has 0 aliphatic carbocycles. The molecule has 0 saturated carbocycles. The van der Waals surface area contributed by atoms with Crippen LogP contribution >= 0.6 is 0 Å². The van der Waals surface area contributed by atoms with Gasteiger partial charge in [-0.3, -0.25) is 0 Å². The van der Waals surface area contributed by atoms with Crippen LogP contribution in [0.1, 0.15) is 37.5 Å². The average Bonchev–Trinajstić information content (AvgIpc) is 2.35. The summed E-state index contributed by atoms with van der Waals surface area (Å²) in [5.74, 6) is -0.0154. The van der Waals surface area contributed by atoms with Crippen LogP contribution in [0.15, 0.2) is 12.1 Å². The van der Waals surface area contributed by atoms with Crippen LogP contribution in [0.2, 0.25) is 0 Å². The minimum absolute atomic E-state index is 0.285. The predicted octanol–water partition coefficient (Wildman–Crippen LogP) is 2.39. The molecule has 1 aliphatic rings. The fourth-order valence-corrected chi connectivity index (χ4v) is 2.56. The molecule has 3 nitrogen and oxygen atoms in total. The van der Waals surface area contributed by atoms with Gasteiger partial charge >= 0.3 is 0 Å². The van der Waals surface area contributed by atoms with Crippen molar-refractivity contribution in [2.45, 2.75) is 39.4 Å². The van der Waals surface area contributed by atoms with Gasteiger partial charge in [-0.25, -0.2) is 4.39 Å². The Bertz CT molecular complexity index is 462. The van der Waals surface area contributed by atoms with E-state index in [1.54, 1.807) is 19.9 Å². The van der Waals surface area contributed by atoms with Gasteiger partial charge in [0.2, 0.25) is 0 Å². The lowest BCUT2D eigenvalue weighted by Crippen LogP contribution is -2.43. The summed E-state index contributed by atoms with van der Waals surface area (Å²) >= 11 is 0. The minimum atomic E-state index is -0.721. The van der Waals surface area contributed by atoms with Gasteiger partial charge in [-0.1, -0.05) is 6.92 Å². The molecule has 0 radical (unpaired) electrons. The number of halogens is 1. The third-order valence-electron chi connectivity index (χ3n) is 4.02. The molecule has 1 aromatic rings. The minimum Gasteiger partial charge on any atom is -0.391 e. The molecular formula is C15H22FNO2. The maximum atomic E-state index is 13.6. The monoisotopic (exact) mass is 267 g/mol. The van der Waals surface area contributed by atoms with Crippen LogP contribution in [0.5, 0.6) is 0 Å². The summed E-state index contributed by atoms with van der Waals surface area (Å²) in [6.45, 7) is 6.74. The molecule has 0 amide bonds. The van der Waals surface area contributed by atoms with Gasteiger partial charge in [0.25, 0.3) is 0 Å². The first-order valence-corrected chi connectivity index (χ1v) is 6.81. The van der Waals surface area contributed by atoms with E-state index in [-0.39, 0.29) is 17.8 Å². The van der Waals surface area contributed by atoms with Gasteiger partial charge in [-0.15, -0.1) is 0 Å². The van der Waals surface area contributed by atoms with E-state index in [9.17, 15) is 14.6 Å². The van der Waals surface area contributed by atoms with Crippen molar-refractivity contribution < 1.29 is 14.6 Å². The summed E-state index contributed by atoms with van der Waals surface area (Å²) in [6, 6.07) is 3.17. The first-order chi connectivity index (χ1) is 8.90. The summed E-state index contributed by atoms with van der Waals surface area (Å²) in [5.41, 5.74) is 1.98. The average molecular weight is 267 g/mol. The molecule has 2 N–H and O–H groups in total. The van der Waals surface area contributed by atoms with Crippen molar-refractivity contribution in [3.63, 3.8) is 0 Å². The summed E-state index contributed by atoms with van der Waals surface area (Å²) in [6.07, 6.45) is -0.195. The van der Waals surface area contributed by atoms with Gasteiger partial charge in [0.05, 0.1) is 12.2 Å². The van der Waals surface area contributed by atoms with Gasteiger partial charge in [-0.05, 0) is 43.9 Å². The highest BCUT2D eigenvalue weighted by Gasteiger charge is 2.26. The van der Waals surface area contributed by atoms with Crippen molar-refractivity contribution in [3.8, 4) is 0 Å². The van der Waals surface area contributed by atoms with Crippen LogP contribution in [-0.4, -0.2) is 29.4 Å². The zero-order valence-electron chi connectivity index (χ0n) is 11.7. The quantitative estimate of drug-likeness (QED) is 0.864. The van der Waals surface area contributed by atoms with Crippen molar-refractivity contribution in [3.05, 3.63) is 29.1 Å². The molecule has 19 heavy (non-hydrogen) atoms. The number of aliphatic hydroxyl groups excluding tert-OH is 2. The van der Waals surface area contributed by atoms with Crippen LogP contribution in [0.4, 0.5) is 10.1 Å². The Morgan fingerprint density at radius 3 is 2.68 bits per heavy atom. The Hall–Kier alpha value is -1.13. The zero-order chi connectivity index (χ0) is 14.2. The van der Waals surface area contributed by atoms with Gasteiger partial charge < -0.3 is 15.1 Å². The Morgan fingerprint density at radius 2 is 2.11 bits per heavy atom. The number of hydrogen-bond acceptors (Lipinski definition) is 3. The first-order valence-electron chi connectivity index (χ1n) is 6.81. The van der Waals surface area contributed by atoms with E-state index in [2.05, 4.69) is 0 Å². The lowest BCUT2D eigenvalue weighted by atomic mass is 9.94. The van der Waals surface area contributed by atoms with E-state index in [0.717, 1.165) is 18.7 Å². The molecule has 4 heteroatoms. The Kier molecular flexibility index (Phi) is 4.11. The standard InChI is InChI=1S/C15H22FNO2/c1-9-4-5-17(8-15(9)19)14-6-10(2)13(16)7-12(14)11(3)18/h6-7,9,11,15,18-19H,4-5,8H2,1-3H3. The summed E-state index contributed by atoms with van der Waals surface area (Å²) in [5, 5.41) is 19.8. The number of anilines is 1. The topological polar surface area (TPSA) is 43.7 Å². The van der Waals surface area contributed by atoms with Crippen molar-refractivity contribution in [2.75, 3.05) is 18.0 Å². The highest BCUT2D eigenvalue weighted by Crippen LogP contribution is 2.32. The van der Waals surface area contributed by atoms with E-state index < -0.39 is 6.10 Å². The fourth-order valence-electron chi connectivity index (χ4n) is 2.56. The first kappa shape index (κ1) is 14.3. The van der Waals surface area contributed by atoms with Gasteiger partial charge in [0.1, 0.15) is 5.82 Å². The molecule has 0 aromatic heterocycles. The SMILES string of the molecule is Cc1cc(N2CCC(C)C(O)C2)c(C(C)O)cc1F. The molecular weight excluding hydrogens is 245 g/mol. The summed E-state index contributed by atoms with van der Waals surface area (Å²) < 4.78 is 13.6. The number of piperidine rings is 1. The number of aryl methyl sites for hydroxylation is 1. The number of rotatable bonds is 2. The molecule has 2 rings (SSSR count). The molecule has 3 atom stereocenters. The van der Waals surface area contributed by atoms with E-state index in [0.29, 0.717) is 17.7 Å². The van der Waals surface area contributed by atoms with Crippen LogP contribution in [0, 0.1) is 18.7 Å². The molecule has 1 heterocycles. The highest BCUT2D eigenvalue weighted by molar-refractivity contribution is 5.57. The third kappa shape index (κ3) is 2.90. The lowest BCUT2D eigenvalue weighted by Gasteiger charge is -2.37. The van der Waals surface area contributed by atoms with E-state index in [4.69, 9.17) is 0 Å². The van der Waals surface area contributed by atoms with Crippen molar-refractivity contribution in [1.82, 2.24) is 0 Å². The van der Waals surface area contributed by atoms with Gasteiger partial charge in [-0.2, -0.15) is 0 Å². The van der Waals surface area contributed by atoms with E-state index in [1.807, 2.05) is 11.8 Å². The van der Waals surface area contributed by atoms with Crippen LogP contribution in [-0.2, 0) is 0 Å². The maximum Gasteiger partial charge on any atom is 0.126 e. The summed E-state index contributed by atoms with van der Waals surface area (Å²) in [4.78, 5) is 2.04. The number of β-amino-alcohol motifs (C(OH)–C–C–N with tert-alkyl or cyclic N) is 1. The van der Waals surface area contributed by atoms with Crippen LogP contribution < -0.4 is 4.90 Å². The second-order valence-electron chi connectivity index (χ2n) is 5.62. The molecule has 3 unspecified atom stereocenters. The highest BCUT2D eigenvalue weighted by atomic mass is 19.1. The fraction of sp³-hybridized carbons (Fsp3) is 0.600. The molecule has 1 fully saturated rings. The van der Waals surface area contributed by atoms with Crippen LogP contribution in [0.3, 0.4) is 0 Å². The summed E-state index contributed by atoms with van der Waals surface area (Å²) in [7, 11) is 0. The third-order valence-corrected chi connectivity index (χ3v) is 4.02. The molecule has 1 aliphatic heterocycles. The Labute approximate surface area is 113 Å². The van der Waals surface area contributed by atoms with Crippen molar-refractivity contribution >= 4 is 5.69 Å². The second-order valence-corrected chi connectivity index (χ2v) is 5.62. The number of benzene rings is 1. The molecule has 106 valence electrons. The number of aliphatic hydroxyl groups is 2. The smallest absolute Gasteiger partial charge is 0.126 e. The lowest BCUT2D eigenvalue weighted by molar-refractivity contribution is 0.102. The number of hydrogen-bond donors (Lipinski definition) is 2. The number of nitrogens with zero attached hydrogens (tertiary/aromatic N) is 1. The van der Waals surface area contributed by atoms with Crippen molar-refractivity contribution in [2.24, 2.45) is 5.92 Å². The molecule has 0 spiro atoms. The van der Waals surface area contributed by atoms with Crippen molar-refractivity contribution in [1.29, 1.82) is 0 Å². The molecule has 0 bridgehead atoms. The van der Waals surface area contributed by atoms with Gasteiger partial charge in [0.15, 0.2) is 0 Å². The Balaban J connectivity index is 2.35. The predicted molar refractivity (Wildman–Crippen MR) is 73.8 cm³/mol. The zero-order valence-corrected chi connectivity index (χ0v) is 11.7. The van der Waals surface area contributed by atoms with Crippen LogP contribution in [0.25, 0.3) is 0 Å². The normalized spacial score (nSPS) is 25.5. The maximum absolute atomic E-state index is 13.6. The molecule has 1 aromatic carbocycles. The van der Waals surface area contributed by atoms with E-state index >= 15 is 0 Å². The van der Waals surface area contributed by atoms with Gasteiger partial charge in [0, 0.05) is 24.3 Å². The second kappa shape index (κ2) is 5.47. The Morgan fingerprint density at radius 1 is 1.42 bits per heavy atom.